The molecule has 0 saturated heterocycles. The predicted octanol–water partition coefficient (Wildman–Crippen LogP) is 3.61. The molecule has 0 spiro atoms. The van der Waals surface area contributed by atoms with Gasteiger partial charge in [-0.3, -0.25) is 0 Å². The second-order valence-corrected chi connectivity index (χ2v) is 4.66. The average molecular weight is 254 g/mol. The molecule has 0 aliphatic rings. The van der Waals surface area contributed by atoms with Crippen molar-refractivity contribution in [1.29, 1.82) is 0 Å². The standard InChI is InChI=1S/C13H19FN2S/c1-4-5-10(3)15-13(17)16-11-7-6-9(2)12(14)8-11/h6-8,10H,4-5H2,1-3H3,(H2,15,16,17)/t10-/m1/s1. The third-order valence-electron chi connectivity index (χ3n) is 2.53. The average Bonchev–Trinajstić information content (AvgIpc) is 2.23. The molecule has 1 aromatic carbocycles. The Hall–Kier alpha value is -1.16. The molecule has 0 fully saturated rings. The molecule has 2 N–H and O–H groups in total. The van der Waals surface area contributed by atoms with Crippen LogP contribution in [-0.2, 0) is 0 Å². The van der Waals surface area contributed by atoms with E-state index in [1.165, 1.54) is 6.07 Å². The van der Waals surface area contributed by atoms with Gasteiger partial charge in [-0.25, -0.2) is 4.39 Å². The molecule has 17 heavy (non-hydrogen) atoms. The van der Waals surface area contributed by atoms with Crippen LogP contribution in [0.15, 0.2) is 18.2 Å². The van der Waals surface area contributed by atoms with Crippen molar-refractivity contribution >= 4 is 23.0 Å². The minimum atomic E-state index is -0.223. The molecule has 0 amide bonds. The molecule has 0 radical (unpaired) electrons. The van der Waals surface area contributed by atoms with Crippen LogP contribution >= 0.6 is 12.2 Å². The van der Waals surface area contributed by atoms with E-state index in [9.17, 15) is 4.39 Å². The number of hydrogen-bond donors (Lipinski definition) is 2. The summed E-state index contributed by atoms with van der Waals surface area (Å²) in [7, 11) is 0. The number of benzene rings is 1. The van der Waals surface area contributed by atoms with Crippen molar-refractivity contribution in [3.63, 3.8) is 0 Å². The first-order valence-corrected chi connectivity index (χ1v) is 6.27. The molecule has 0 heterocycles. The van der Waals surface area contributed by atoms with E-state index in [2.05, 4.69) is 24.5 Å². The summed E-state index contributed by atoms with van der Waals surface area (Å²) in [4.78, 5) is 0. The van der Waals surface area contributed by atoms with Crippen LogP contribution in [-0.4, -0.2) is 11.2 Å². The van der Waals surface area contributed by atoms with Gasteiger partial charge in [0.2, 0.25) is 0 Å². The number of rotatable bonds is 4. The number of nitrogens with one attached hydrogen (secondary N) is 2. The molecule has 0 saturated carbocycles. The molecular weight excluding hydrogens is 235 g/mol. The third-order valence-corrected chi connectivity index (χ3v) is 2.75. The first-order valence-electron chi connectivity index (χ1n) is 5.86. The van der Waals surface area contributed by atoms with Gasteiger partial charge < -0.3 is 10.6 Å². The molecule has 94 valence electrons. The van der Waals surface area contributed by atoms with E-state index in [0.29, 0.717) is 22.4 Å². The summed E-state index contributed by atoms with van der Waals surface area (Å²) in [6, 6.07) is 5.33. The van der Waals surface area contributed by atoms with Crippen molar-refractivity contribution in [3.05, 3.63) is 29.6 Å². The number of halogens is 1. The fraction of sp³-hybridized carbons (Fsp3) is 0.462. The van der Waals surface area contributed by atoms with Gasteiger partial charge in [-0.2, -0.15) is 0 Å². The van der Waals surface area contributed by atoms with Crippen LogP contribution in [0, 0.1) is 12.7 Å². The van der Waals surface area contributed by atoms with E-state index in [1.807, 2.05) is 6.07 Å². The molecule has 0 unspecified atom stereocenters. The summed E-state index contributed by atoms with van der Waals surface area (Å²) in [5, 5.41) is 6.68. The van der Waals surface area contributed by atoms with Crippen LogP contribution in [0.5, 0.6) is 0 Å². The molecule has 2 nitrogen and oxygen atoms in total. The highest BCUT2D eigenvalue weighted by Crippen LogP contribution is 2.13. The Morgan fingerprint density at radius 1 is 1.47 bits per heavy atom. The lowest BCUT2D eigenvalue weighted by Crippen LogP contribution is -2.35. The zero-order valence-electron chi connectivity index (χ0n) is 10.5. The normalized spacial score (nSPS) is 12.0. The van der Waals surface area contributed by atoms with Gasteiger partial charge in [0.1, 0.15) is 5.82 Å². The SMILES string of the molecule is CCC[C@@H](C)NC(=S)Nc1ccc(C)c(F)c1. The van der Waals surface area contributed by atoms with Crippen molar-refractivity contribution < 1.29 is 4.39 Å². The highest BCUT2D eigenvalue weighted by Gasteiger charge is 2.04. The number of anilines is 1. The van der Waals surface area contributed by atoms with Gasteiger partial charge in [0.15, 0.2) is 5.11 Å². The van der Waals surface area contributed by atoms with Crippen LogP contribution in [0.1, 0.15) is 32.3 Å². The van der Waals surface area contributed by atoms with Crippen molar-refractivity contribution in [3.8, 4) is 0 Å². The van der Waals surface area contributed by atoms with Crippen molar-refractivity contribution in [2.45, 2.75) is 39.7 Å². The summed E-state index contributed by atoms with van der Waals surface area (Å²) in [5.41, 5.74) is 1.31. The summed E-state index contributed by atoms with van der Waals surface area (Å²) in [6.45, 7) is 5.94. The van der Waals surface area contributed by atoms with Crippen molar-refractivity contribution in [1.82, 2.24) is 5.32 Å². The highest BCUT2D eigenvalue weighted by molar-refractivity contribution is 7.80. The van der Waals surface area contributed by atoms with Gasteiger partial charge in [-0.1, -0.05) is 19.4 Å². The fourth-order valence-electron chi connectivity index (χ4n) is 1.57. The molecular formula is C13H19FN2S. The second-order valence-electron chi connectivity index (χ2n) is 4.25. The Balaban J connectivity index is 2.53. The largest absolute Gasteiger partial charge is 0.360 e. The highest BCUT2D eigenvalue weighted by atomic mass is 32.1. The van der Waals surface area contributed by atoms with Gasteiger partial charge in [0, 0.05) is 11.7 Å². The monoisotopic (exact) mass is 254 g/mol. The Kier molecular flexibility index (Phi) is 5.35. The van der Waals surface area contributed by atoms with Gasteiger partial charge >= 0.3 is 0 Å². The summed E-state index contributed by atoms with van der Waals surface area (Å²) in [5.74, 6) is -0.223. The van der Waals surface area contributed by atoms with E-state index in [-0.39, 0.29) is 5.82 Å². The zero-order chi connectivity index (χ0) is 12.8. The van der Waals surface area contributed by atoms with E-state index in [4.69, 9.17) is 12.2 Å². The number of thiocarbonyl (C=S) groups is 1. The number of hydrogen-bond acceptors (Lipinski definition) is 1. The second kappa shape index (κ2) is 6.55. The molecule has 0 aliphatic carbocycles. The van der Waals surface area contributed by atoms with Crippen LogP contribution in [0.3, 0.4) is 0 Å². The maximum atomic E-state index is 13.3. The fourth-order valence-corrected chi connectivity index (χ4v) is 1.89. The summed E-state index contributed by atoms with van der Waals surface area (Å²) in [6.07, 6.45) is 2.17. The first kappa shape index (κ1) is 13.9. The molecule has 0 aliphatic heterocycles. The lowest BCUT2D eigenvalue weighted by atomic mass is 10.2. The molecule has 1 aromatic rings. The van der Waals surface area contributed by atoms with E-state index in [0.717, 1.165) is 12.8 Å². The molecule has 0 aromatic heterocycles. The van der Waals surface area contributed by atoms with E-state index in [1.54, 1.807) is 13.0 Å². The van der Waals surface area contributed by atoms with E-state index < -0.39 is 0 Å². The maximum absolute atomic E-state index is 13.3. The minimum absolute atomic E-state index is 0.223. The summed E-state index contributed by atoms with van der Waals surface area (Å²) >= 11 is 5.16. The topological polar surface area (TPSA) is 24.1 Å². The van der Waals surface area contributed by atoms with Crippen LogP contribution in [0.25, 0.3) is 0 Å². The van der Waals surface area contributed by atoms with E-state index >= 15 is 0 Å². The Morgan fingerprint density at radius 2 is 2.18 bits per heavy atom. The van der Waals surface area contributed by atoms with Crippen LogP contribution < -0.4 is 10.6 Å². The maximum Gasteiger partial charge on any atom is 0.170 e. The van der Waals surface area contributed by atoms with Gasteiger partial charge in [-0.15, -0.1) is 0 Å². The zero-order valence-corrected chi connectivity index (χ0v) is 11.3. The predicted molar refractivity (Wildman–Crippen MR) is 74.9 cm³/mol. The van der Waals surface area contributed by atoms with Gasteiger partial charge in [0.25, 0.3) is 0 Å². The summed E-state index contributed by atoms with van der Waals surface area (Å²) < 4.78 is 13.3. The molecule has 0 bridgehead atoms. The number of aryl methyl sites for hydroxylation is 1. The lowest BCUT2D eigenvalue weighted by Gasteiger charge is -2.16. The lowest BCUT2D eigenvalue weighted by molar-refractivity contribution is 0.599. The first-order chi connectivity index (χ1) is 8.02. The molecule has 4 heteroatoms. The Morgan fingerprint density at radius 3 is 2.76 bits per heavy atom. The molecule has 1 atom stereocenters. The van der Waals surface area contributed by atoms with Crippen LogP contribution in [0.2, 0.25) is 0 Å². The third kappa shape index (κ3) is 4.69. The minimum Gasteiger partial charge on any atom is -0.360 e. The van der Waals surface area contributed by atoms with Gasteiger partial charge in [-0.05, 0) is 50.2 Å². The van der Waals surface area contributed by atoms with Crippen molar-refractivity contribution in [2.75, 3.05) is 5.32 Å². The smallest absolute Gasteiger partial charge is 0.170 e. The molecule has 1 rings (SSSR count). The Bertz CT molecular complexity index is 393. The van der Waals surface area contributed by atoms with Gasteiger partial charge in [0.05, 0.1) is 0 Å². The quantitative estimate of drug-likeness (QED) is 0.803. The van der Waals surface area contributed by atoms with Crippen molar-refractivity contribution in [2.24, 2.45) is 0 Å². The van der Waals surface area contributed by atoms with Crippen LogP contribution in [0.4, 0.5) is 10.1 Å². The Labute approximate surface area is 108 Å².